The van der Waals surface area contributed by atoms with Crippen molar-refractivity contribution in [1.82, 2.24) is 41.3 Å². The molecule has 1 fully saturated rings. The van der Waals surface area contributed by atoms with E-state index in [2.05, 4.69) is 41.3 Å². The zero-order chi connectivity index (χ0) is 26.6. The van der Waals surface area contributed by atoms with Crippen LogP contribution in [0.4, 0.5) is 0 Å². The fraction of sp³-hybridized carbons (Fsp3) is 0.455. The number of nitrogens with zero attached hydrogens (tertiary/aromatic N) is 2. The van der Waals surface area contributed by atoms with Crippen LogP contribution in [0.1, 0.15) is 33.9 Å². The molecule has 7 N–H and O–H groups in total. The molecule has 0 spiro atoms. The van der Waals surface area contributed by atoms with Gasteiger partial charge in [-0.2, -0.15) is 9.82 Å². The van der Waals surface area contributed by atoms with Crippen LogP contribution < -0.4 is 26.0 Å². The van der Waals surface area contributed by atoms with Crippen LogP contribution in [0.3, 0.4) is 0 Å². The summed E-state index contributed by atoms with van der Waals surface area (Å²) in [5, 5.41) is 33.7. The third-order valence-electron chi connectivity index (χ3n) is 5.96. The molecule has 3 aromatic rings. The van der Waals surface area contributed by atoms with Gasteiger partial charge in [0.25, 0.3) is 5.91 Å². The molecular weight excluding hydrogens is 504 g/mol. The van der Waals surface area contributed by atoms with Gasteiger partial charge in [0.2, 0.25) is 10.0 Å². The molecule has 2 aromatic heterocycles. The van der Waals surface area contributed by atoms with Crippen LogP contribution in [0.5, 0.6) is 0 Å². The van der Waals surface area contributed by atoms with Crippen LogP contribution in [0.2, 0.25) is 0 Å². The fourth-order valence-corrected chi connectivity index (χ4v) is 5.66. The van der Waals surface area contributed by atoms with Crippen LogP contribution in [-0.2, 0) is 21.2 Å². The summed E-state index contributed by atoms with van der Waals surface area (Å²) in [7, 11) is -4.24. The highest BCUT2D eigenvalue weighted by atomic mass is 32.2. The Labute approximate surface area is 213 Å². The Morgan fingerprint density at radius 1 is 1.24 bits per heavy atom. The molecule has 1 saturated heterocycles. The Hall–Kier alpha value is -3.37. The van der Waals surface area contributed by atoms with Gasteiger partial charge < -0.3 is 14.9 Å². The zero-order valence-electron chi connectivity index (χ0n) is 20.4. The summed E-state index contributed by atoms with van der Waals surface area (Å²) < 4.78 is 32.3. The van der Waals surface area contributed by atoms with Gasteiger partial charge in [0.05, 0.1) is 11.2 Å². The molecule has 1 unspecified atom stereocenters. The second kappa shape index (κ2) is 11.4. The summed E-state index contributed by atoms with van der Waals surface area (Å²) in [5.41, 5.74) is 1.93. The van der Waals surface area contributed by atoms with Crippen molar-refractivity contribution in [3.05, 3.63) is 40.9 Å². The van der Waals surface area contributed by atoms with E-state index in [4.69, 9.17) is 4.52 Å². The Kier molecular flexibility index (Phi) is 8.19. The monoisotopic (exact) mass is 534 g/mol. The molecule has 0 saturated carbocycles. The van der Waals surface area contributed by atoms with Crippen LogP contribution in [0.25, 0.3) is 10.9 Å². The van der Waals surface area contributed by atoms with E-state index in [1.165, 1.54) is 13.8 Å². The van der Waals surface area contributed by atoms with Crippen molar-refractivity contribution >= 4 is 32.8 Å². The lowest BCUT2D eigenvalue weighted by Crippen LogP contribution is -2.48. The predicted octanol–water partition coefficient (Wildman–Crippen LogP) is -0.672. The number of hydrogen-bond acceptors (Lipinski definition) is 10. The van der Waals surface area contributed by atoms with Crippen molar-refractivity contribution in [2.75, 3.05) is 26.2 Å². The zero-order valence-corrected chi connectivity index (χ0v) is 21.2. The lowest BCUT2D eigenvalue weighted by molar-refractivity contribution is -0.138. The Bertz CT molecular complexity index is 1360. The van der Waals surface area contributed by atoms with Crippen LogP contribution in [0.15, 0.2) is 27.6 Å². The first-order valence-electron chi connectivity index (χ1n) is 11.8. The summed E-state index contributed by atoms with van der Waals surface area (Å²) in [5.74, 6) is -1.97. The SMILES string of the molecule is Cc1noc(C)c1S(=O)(=O)NC(CNC(=O)c1ccc2c(CCCNC3NCCN3)n[nH]c2c1)C(=O)O. The van der Waals surface area contributed by atoms with E-state index in [9.17, 15) is 23.1 Å². The average Bonchev–Trinajstić information content (AvgIpc) is 3.59. The summed E-state index contributed by atoms with van der Waals surface area (Å²) in [6.45, 7) is 5.05. The number of H-pyrrole nitrogens is 1. The van der Waals surface area contributed by atoms with Crippen molar-refractivity contribution in [1.29, 1.82) is 0 Å². The third kappa shape index (κ3) is 6.31. The number of aliphatic carboxylic acids is 1. The van der Waals surface area contributed by atoms with Gasteiger partial charge in [-0.3, -0.25) is 30.6 Å². The summed E-state index contributed by atoms with van der Waals surface area (Å²) >= 11 is 0. The maximum absolute atomic E-state index is 12.7. The number of benzene rings is 1. The van der Waals surface area contributed by atoms with Gasteiger partial charge >= 0.3 is 5.97 Å². The highest BCUT2D eigenvalue weighted by Crippen LogP contribution is 2.20. The number of carbonyl (C=O) groups is 2. The number of fused-ring (bicyclic) bond motifs is 1. The quantitative estimate of drug-likeness (QED) is 0.145. The van der Waals surface area contributed by atoms with Gasteiger partial charge in [0.1, 0.15) is 22.9 Å². The lowest BCUT2D eigenvalue weighted by Gasteiger charge is -2.15. The molecule has 1 aliphatic heterocycles. The molecule has 4 rings (SSSR count). The number of carboxylic acid groups (broad SMARTS) is 1. The molecule has 37 heavy (non-hydrogen) atoms. The van der Waals surface area contributed by atoms with Crippen molar-refractivity contribution in [2.24, 2.45) is 0 Å². The molecule has 0 radical (unpaired) electrons. The van der Waals surface area contributed by atoms with E-state index in [1.54, 1.807) is 18.2 Å². The minimum Gasteiger partial charge on any atom is -0.480 e. The largest absolute Gasteiger partial charge is 0.480 e. The van der Waals surface area contributed by atoms with Crippen molar-refractivity contribution in [3.8, 4) is 0 Å². The number of amides is 1. The first kappa shape index (κ1) is 26.7. The number of sulfonamides is 1. The van der Waals surface area contributed by atoms with Gasteiger partial charge in [-0.05, 0) is 45.4 Å². The Balaban J connectivity index is 1.34. The minimum absolute atomic E-state index is 0.0319. The molecule has 1 amide bonds. The maximum Gasteiger partial charge on any atom is 0.323 e. The summed E-state index contributed by atoms with van der Waals surface area (Å²) in [6, 6.07) is 3.42. The second-order valence-electron chi connectivity index (χ2n) is 8.71. The lowest BCUT2D eigenvalue weighted by atomic mass is 10.1. The van der Waals surface area contributed by atoms with E-state index in [0.717, 1.165) is 43.6 Å². The van der Waals surface area contributed by atoms with Gasteiger partial charge in [-0.25, -0.2) is 8.42 Å². The minimum atomic E-state index is -4.24. The number of aromatic amines is 1. The standard InChI is InChI=1S/C22H30N8O6S/c1-12-19(13(2)36-29-12)37(34,35)30-18(21(32)33)11-26-20(31)14-5-6-15-16(27-28-17(15)10-14)4-3-7-23-22-24-8-9-25-22/h5-6,10,18,22-25,30H,3-4,7-9,11H2,1-2H3,(H,26,31)(H,27,28)(H,32,33). The predicted molar refractivity (Wildman–Crippen MR) is 132 cm³/mol. The number of nitrogens with one attached hydrogen (secondary N) is 6. The highest BCUT2D eigenvalue weighted by Gasteiger charge is 2.30. The summed E-state index contributed by atoms with van der Waals surface area (Å²) in [6.07, 6.45) is 1.75. The van der Waals surface area contributed by atoms with Gasteiger partial charge in [0, 0.05) is 30.6 Å². The molecule has 15 heteroatoms. The van der Waals surface area contributed by atoms with E-state index in [1.807, 2.05) is 0 Å². The van der Waals surface area contributed by atoms with Gasteiger partial charge in [-0.1, -0.05) is 11.2 Å². The molecule has 0 aliphatic carbocycles. The van der Waals surface area contributed by atoms with E-state index in [-0.39, 0.29) is 28.2 Å². The number of aryl methyl sites for hydroxylation is 3. The topological polar surface area (TPSA) is 203 Å². The maximum atomic E-state index is 12.7. The molecular formula is C22H30N8O6S. The van der Waals surface area contributed by atoms with Crippen LogP contribution in [-0.4, -0.2) is 79.3 Å². The normalized spacial score (nSPS) is 15.3. The van der Waals surface area contributed by atoms with Crippen molar-refractivity contribution in [3.63, 3.8) is 0 Å². The number of hydrogen-bond donors (Lipinski definition) is 7. The Morgan fingerprint density at radius 2 is 2.00 bits per heavy atom. The first-order chi connectivity index (χ1) is 17.7. The molecule has 3 heterocycles. The molecule has 14 nitrogen and oxygen atoms in total. The first-order valence-corrected chi connectivity index (χ1v) is 13.3. The fourth-order valence-electron chi connectivity index (χ4n) is 4.14. The molecule has 1 aliphatic rings. The third-order valence-corrected chi connectivity index (χ3v) is 7.68. The number of carboxylic acids is 1. The second-order valence-corrected chi connectivity index (χ2v) is 10.4. The number of aromatic nitrogens is 3. The molecule has 1 aromatic carbocycles. The van der Waals surface area contributed by atoms with Crippen molar-refractivity contribution in [2.45, 2.75) is 43.9 Å². The highest BCUT2D eigenvalue weighted by molar-refractivity contribution is 7.89. The van der Waals surface area contributed by atoms with E-state index in [0.29, 0.717) is 5.52 Å². The van der Waals surface area contributed by atoms with E-state index < -0.39 is 34.5 Å². The Morgan fingerprint density at radius 3 is 2.68 bits per heavy atom. The van der Waals surface area contributed by atoms with Crippen LogP contribution >= 0.6 is 0 Å². The average molecular weight is 535 g/mol. The molecule has 1 atom stereocenters. The van der Waals surface area contributed by atoms with Crippen molar-refractivity contribution < 1.29 is 27.6 Å². The van der Waals surface area contributed by atoms with Gasteiger partial charge in [-0.15, -0.1) is 0 Å². The number of carbonyl (C=O) groups excluding carboxylic acids is 1. The molecule has 200 valence electrons. The smallest absolute Gasteiger partial charge is 0.323 e. The van der Waals surface area contributed by atoms with Gasteiger partial charge in [0.15, 0.2) is 5.76 Å². The van der Waals surface area contributed by atoms with Crippen LogP contribution in [0, 0.1) is 13.8 Å². The number of rotatable bonds is 12. The van der Waals surface area contributed by atoms with E-state index >= 15 is 0 Å². The summed E-state index contributed by atoms with van der Waals surface area (Å²) in [4.78, 5) is 24.2. The molecule has 0 bridgehead atoms.